The van der Waals surface area contributed by atoms with Gasteiger partial charge in [-0.2, -0.15) is 0 Å². The van der Waals surface area contributed by atoms with Gasteiger partial charge in [0.25, 0.3) is 0 Å². The van der Waals surface area contributed by atoms with Crippen LogP contribution in [-0.4, -0.2) is 36.1 Å². The number of likely N-dealkylation sites (N-methyl/N-ethyl adjacent to an activating group) is 1. The Balaban J connectivity index is 3.97. The van der Waals surface area contributed by atoms with Crippen LogP contribution in [0.25, 0.3) is 0 Å². The molecule has 3 heteroatoms. The Kier molecular flexibility index (Phi) is 4.40. The number of carbonyl (C=O) groups is 1. The Morgan fingerprint density at radius 3 is 2.23 bits per heavy atom. The third-order valence-corrected chi connectivity index (χ3v) is 2.25. The van der Waals surface area contributed by atoms with Crippen molar-refractivity contribution in [2.45, 2.75) is 46.2 Å². The van der Waals surface area contributed by atoms with E-state index < -0.39 is 0 Å². The van der Waals surface area contributed by atoms with Crippen LogP contribution in [0.5, 0.6) is 0 Å². The van der Waals surface area contributed by atoms with Crippen LogP contribution in [0.2, 0.25) is 0 Å². The highest BCUT2D eigenvalue weighted by Crippen LogP contribution is 2.13. The molecule has 0 aliphatic carbocycles. The third-order valence-electron chi connectivity index (χ3n) is 2.25. The summed E-state index contributed by atoms with van der Waals surface area (Å²) in [6.45, 7) is 10.4. The van der Waals surface area contributed by atoms with Gasteiger partial charge in [-0.15, -0.1) is 0 Å². The number of hydrogen-bond donors (Lipinski definition) is 0. The summed E-state index contributed by atoms with van der Waals surface area (Å²) in [6.07, 6.45) is 0. The molecule has 0 N–H and O–H groups in total. The van der Waals surface area contributed by atoms with Gasteiger partial charge < -0.3 is 4.74 Å². The Hall–Kier alpha value is -0.570. The first-order valence-electron chi connectivity index (χ1n) is 4.61. The predicted molar refractivity (Wildman–Crippen MR) is 53.6 cm³/mol. The summed E-state index contributed by atoms with van der Waals surface area (Å²) in [6, 6.07) is 0.254. The Morgan fingerprint density at radius 1 is 1.46 bits per heavy atom. The van der Waals surface area contributed by atoms with E-state index in [1.165, 1.54) is 6.92 Å². The highest BCUT2D eigenvalue weighted by Gasteiger charge is 2.22. The first-order chi connectivity index (χ1) is 5.75. The standard InChI is InChI=1S/C10H21NO2/c1-8(7-13-9(2)12)11(6)10(3,4)5/h8H,7H2,1-6H3/t8-/m1/s1. The summed E-state index contributed by atoms with van der Waals surface area (Å²) in [5.74, 6) is -0.214. The second kappa shape index (κ2) is 4.61. The van der Waals surface area contributed by atoms with Crippen molar-refractivity contribution in [3.8, 4) is 0 Å². The van der Waals surface area contributed by atoms with Gasteiger partial charge >= 0.3 is 5.97 Å². The molecule has 0 heterocycles. The number of rotatable bonds is 3. The van der Waals surface area contributed by atoms with Crippen molar-refractivity contribution in [1.29, 1.82) is 0 Å². The number of ether oxygens (including phenoxy) is 1. The average molecular weight is 187 g/mol. The molecule has 0 aliphatic heterocycles. The number of esters is 1. The van der Waals surface area contributed by atoms with Crippen molar-refractivity contribution in [3.05, 3.63) is 0 Å². The fraction of sp³-hybridized carbons (Fsp3) is 0.900. The van der Waals surface area contributed by atoms with E-state index in [2.05, 4.69) is 25.7 Å². The second-order valence-corrected chi connectivity index (χ2v) is 4.43. The molecule has 0 saturated carbocycles. The van der Waals surface area contributed by atoms with Gasteiger partial charge in [0.1, 0.15) is 6.61 Å². The lowest BCUT2D eigenvalue weighted by Crippen LogP contribution is -2.46. The van der Waals surface area contributed by atoms with Crippen molar-refractivity contribution in [2.24, 2.45) is 0 Å². The Labute approximate surface area is 81.1 Å². The van der Waals surface area contributed by atoms with E-state index in [9.17, 15) is 4.79 Å². The van der Waals surface area contributed by atoms with E-state index in [0.717, 1.165) is 0 Å². The fourth-order valence-electron chi connectivity index (χ4n) is 1.01. The van der Waals surface area contributed by atoms with E-state index in [0.29, 0.717) is 6.61 Å². The van der Waals surface area contributed by atoms with Crippen LogP contribution in [0.4, 0.5) is 0 Å². The van der Waals surface area contributed by atoms with E-state index in [1.807, 2.05) is 14.0 Å². The largest absolute Gasteiger partial charge is 0.464 e. The molecule has 0 rings (SSSR count). The van der Waals surface area contributed by atoms with Crippen LogP contribution < -0.4 is 0 Å². The molecule has 0 aromatic rings. The molecule has 0 saturated heterocycles. The van der Waals surface area contributed by atoms with Crippen molar-refractivity contribution in [3.63, 3.8) is 0 Å². The molecule has 0 fully saturated rings. The molecule has 0 aliphatic rings. The van der Waals surface area contributed by atoms with Crippen molar-refractivity contribution >= 4 is 5.97 Å². The van der Waals surface area contributed by atoms with Crippen LogP contribution in [0.3, 0.4) is 0 Å². The molecule has 1 atom stereocenters. The van der Waals surface area contributed by atoms with Gasteiger partial charge in [0.05, 0.1) is 0 Å². The molecule has 78 valence electrons. The molecule has 0 bridgehead atoms. The Bertz CT molecular complexity index is 172. The van der Waals surface area contributed by atoms with Crippen LogP contribution in [-0.2, 0) is 9.53 Å². The summed E-state index contributed by atoms with van der Waals surface area (Å²) in [4.78, 5) is 12.8. The average Bonchev–Trinajstić information content (AvgIpc) is 1.96. The van der Waals surface area contributed by atoms with Gasteiger partial charge in [0, 0.05) is 18.5 Å². The summed E-state index contributed by atoms with van der Waals surface area (Å²) < 4.78 is 4.94. The van der Waals surface area contributed by atoms with Crippen molar-refractivity contribution < 1.29 is 9.53 Å². The van der Waals surface area contributed by atoms with Crippen molar-refractivity contribution in [1.82, 2.24) is 4.90 Å². The molecule has 0 radical (unpaired) electrons. The van der Waals surface area contributed by atoms with E-state index >= 15 is 0 Å². The second-order valence-electron chi connectivity index (χ2n) is 4.43. The van der Waals surface area contributed by atoms with Crippen LogP contribution in [0, 0.1) is 0 Å². The number of nitrogens with zero attached hydrogens (tertiary/aromatic N) is 1. The lowest BCUT2D eigenvalue weighted by molar-refractivity contribution is -0.143. The highest BCUT2D eigenvalue weighted by atomic mass is 16.5. The van der Waals surface area contributed by atoms with Gasteiger partial charge in [-0.25, -0.2) is 0 Å². The first kappa shape index (κ1) is 12.4. The number of hydrogen-bond acceptors (Lipinski definition) is 3. The van der Waals surface area contributed by atoms with E-state index in [-0.39, 0.29) is 17.6 Å². The van der Waals surface area contributed by atoms with Crippen molar-refractivity contribution in [2.75, 3.05) is 13.7 Å². The minimum absolute atomic E-state index is 0.111. The third kappa shape index (κ3) is 4.88. The normalized spacial score (nSPS) is 14.4. The summed E-state index contributed by atoms with van der Waals surface area (Å²) in [7, 11) is 2.04. The maximum absolute atomic E-state index is 10.6. The molecule has 13 heavy (non-hydrogen) atoms. The van der Waals surface area contributed by atoms with E-state index in [4.69, 9.17) is 4.74 Å². The summed E-state index contributed by atoms with van der Waals surface area (Å²) >= 11 is 0. The molecule has 3 nitrogen and oxygen atoms in total. The minimum Gasteiger partial charge on any atom is -0.464 e. The van der Waals surface area contributed by atoms with Gasteiger partial charge in [0.2, 0.25) is 0 Å². The lowest BCUT2D eigenvalue weighted by atomic mass is 10.1. The maximum atomic E-state index is 10.6. The molecule has 0 spiro atoms. The van der Waals surface area contributed by atoms with Crippen LogP contribution in [0.15, 0.2) is 0 Å². The summed E-state index contributed by atoms with van der Waals surface area (Å²) in [5.41, 5.74) is 0.111. The lowest BCUT2D eigenvalue weighted by Gasteiger charge is -2.36. The van der Waals surface area contributed by atoms with E-state index in [1.54, 1.807) is 0 Å². The minimum atomic E-state index is -0.214. The SMILES string of the molecule is CC(=O)OC[C@@H](C)N(C)C(C)(C)C. The zero-order chi connectivity index (χ0) is 10.6. The van der Waals surface area contributed by atoms with Crippen LogP contribution >= 0.6 is 0 Å². The zero-order valence-corrected chi connectivity index (χ0v) is 9.55. The topological polar surface area (TPSA) is 29.5 Å². The van der Waals surface area contributed by atoms with Gasteiger partial charge in [-0.1, -0.05) is 0 Å². The fourth-order valence-corrected chi connectivity index (χ4v) is 1.01. The molecular formula is C10H21NO2. The summed E-state index contributed by atoms with van der Waals surface area (Å²) in [5, 5.41) is 0. The molecular weight excluding hydrogens is 166 g/mol. The molecule has 0 aromatic carbocycles. The van der Waals surface area contributed by atoms with Gasteiger partial charge in [-0.3, -0.25) is 9.69 Å². The monoisotopic (exact) mass is 187 g/mol. The first-order valence-corrected chi connectivity index (χ1v) is 4.61. The number of carbonyl (C=O) groups excluding carboxylic acids is 1. The smallest absolute Gasteiger partial charge is 0.302 e. The Morgan fingerprint density at radius 2 is 1.92 bits per heavy atom. The quantitative estimate of drug-likeness (QED) is 0.629. The zero-order valence-electron chi connectivity index (χ0n) is 9.55. The maximum Gasteiger partial charge on any atom is 0.302 e. The highest BCUT2D eigenvalue weighted by molar-refractivity contribution is 5.65. The molecule has 0 aromatic heterocycles. The molecule has 0 amide bonds. The predicted octanol–water partition coefficient (Wildman–Crippen LogP) is 1.67. The van der Waals surface area contributed by atoms with Gasteiger partial charge in [0.15, 0.2) is 0 Å². The molecule has 0 unspecified atom stereocenters. The van der Waals surface area contributed by atoms with Gasteiger partial charge in [-0.05, 0) is 34.7 Å². The van der Waals surface area contributed by atoms with Crippen LogP contribution in [0.1, 0.15) is 34.6 Å².